The molecular weight excluding hydrogens is 485 g/mol. The fraction of sp³-hybridized carbons (Fsp3) is 0.800. The van der Waals surface area contributed by atoms with E-state index in [0.29, 0.717) is 0 Å². The van der Waals surface area contributed by atoms with Gasteiger partial charge in [0, 0.05) is 26.2 Å². The molecule has 0 aromatic rings. The Morgan fingerprint density at radius 3 is 0.545 bits per heavy atom. The van der Waals surface area contributed by atoms with Crippen molar-refractivity contribution in [3.63, 3.8) is 0 Å². The third kappa shape index (κ3) is 21.6. The predicted molar refractivity (Wildman–Crippen MR) is 87.0 cm³/mol. The number of aliphatic carboxylic acids is 3. The first-order chi connectivity index (χ1) is 8.83. The minimum Gasteiger partial charge on any atom is -0.481 e. The molecule has 0 unspecified atom stereocenters. The van der Waals surface area contributed by atoms with Gasteiger partial charge in [-0.25, -0.2) is 0 Å². The molecule has 0 atom stereocenters. The molecule has 7 heteroatoms. The standard InChI is InChI=1S/3C5H10O2.Bi/c3*1-5(2,3)4(6)7;/h3*1-3H3,(H,6,7);. The summed E-state index contributed by atoms with van der Waals surface area (Å²) in [4.78, 5) is 30.1. The Morgan fingerprint density at radius 2 is 0.545 bits per heavy atom. The van der Waals surface area contributed by atoms with Gasteiger partial charge in [-0.1, -0.05) is 0 Å². The number of carboxylic acids is 3. The average Bonchev–Trinajstić information content (AvgIpc) is 2.14. The molecule has 0 spiro atoms. The second-order valence-electron chi connectivity index (χ2n) is 7.67. The molecule has 6 nitrogen and oxygen atoms in total. The van der Waals surface area contributed by atoms with E-state index in [4.69, 9.17) is 15.3 Å². The molecular formula is C15H30BiO6. The van der Waals surface area contributed by atoms with E-state index < -0.39 is 34.2 Å². The van der Waals surface area contributed by atoms with Crippen LogP contribution in [0.25, 0.3) is 0 Å². The molecule has 3 radical (unpaired) electrons. The number of carboxylic acid groups (broad SMARTS) is 3. The third-order valence-corrected chi connectivity index (χ3v) is 1.92. The molecule has 22 heavy (non-hydrogen) atoms. The van der Waals surface area contributed by atoms with Crippen LogP contribution in [0.3, 0.4) is 0 Å². The molecule has 0 fully saturated rings. The normalized spacial score (nSPS) is 10.8. The zero-order chi connectivity index (χ0) is 18.2. The van der Waals surface area contributed by atoms with Crippen LogP contribution in [-0.4, -0.2) is 59.4 Å². The quantitative estimate of drug-likeness (QED) is 0.428. The maximum Gasteiger partial charge on any atom is 0.308 e. The molecule has 0 saturated heterocycles. The van der Waals surface area contributed by atoms with E-state index in [1.807, 2.05) is 0 Å². The van der Waals surface area contributed by atoms with E-state index in [1.165, 1.54) is 0 Å². The largest absolute Gasteiger partial charge is 0.481 e. The maximum absolute atomic E-state index is 10.0. The van der Waals surface area contributed by atoms with Crippen molar-refractivity contribution in [1.82, 2.24) is 0 Å². The first kappa shape index (κ1) is 29.3. The van der Waals surface area contributed by atoms with Crippen LogP contribution in [0.15, 0.2) is 0 Å². The molecule has 0 aromatic carbocycles. The molecule has 0 aliphatic rings. The van der Waals surface area contributed by atoms with Crippen molar-refractivity contribution in [3.05, 3.63) is 0 Å². The van der Waals surface area contributed by atoms with Gasteiger partial charge in [0.2, 0.25) is 0 Å². The number of rotatable bonds is 0. The van der Waals surface area contributed by atoms with Crippen LogP contribution < -0.4 is 0 Å². The Kier molecular flexibility index (Phi) is 14.6. The molecule has 0 saturated carbocycles. The minimum atomic E-state index is -0.757. The number of hydrogen-bond donors (Lipinski definition) is 3. The summed E-state index contributed by atoms with van der Waals surface area (Å²) in [6, 6.07) is 0. The first-order valence-corrected chi connectivity index (χ1v) is 6.53. The van der Waals surface area contributed by atoms with E-state index in [9.17, 15) is 14.4 Å². The Hall–Kier alpha value is -0.707. The minimum absolute atomic E-state index is 0. The summed E-state index contributed by atoms with van der Waals surface area (Å²) in [5.74, 6) is -2.27. The van der Waals surface area contributed by atoms with Crippen LogP contribution in [0, 0.1) is 16.2 Å². The van der Waals surface area contributed by atoms with Crippen molar-refractivity contribution >= 4 is 44.1 Å². The molecule has 0 aliphatic heterocycles. The van der Waals surface area contributed by atoms with Crippen molar-refractivity contribution in [1.29, 1.82) is 0 Å². The Bertz CT molecular complexity index is 299. The van der Waals surface area contributed by atoms with Crippen molar-refractivity contribution in [2.75, 3.05) is 0 Å². The Morgan fingerprint density at radius 1 is 0.500 bits per heavy atom. The van der Waals surface area contributed by atoms with Gasteiger partial charge in [0.1, 0.15) is 0 Å². The SMILES string of the molecule is CC(C)(C)C(=O)O.CC(C)(C)C(=O)O.CC(C)(C)C(=O)O.[Bi]. The second kappa shape index (κ2) is 10.9. The first-order valence-electron chi connectivity index (χ1n) is 6.53. The molecule has 0 amide bonds. The van der Waals surface area contributed by atoms with E-state index in [1.54, 1.807) is 62.3 Å². The van der Waals surface area contributed by atoms with Crippen LogP contribution >= 0.6 is 0 Å². The van der Waals surface area contributed by atoms with Gasteiger partial charge in [0.05, 0.1) is 16.2 Å². The molecule has 131 valence electrons. The predicted octanol–water partition coefficient (Wildman–Crippen LogP) is 2.97. The van der Waals surface area contributed by atoms with Crippen molar-refractivity contribution in [3.8, 4) is 0 Å². The average molecular weight is 515 g/mol. The molecule has 0 aromatic heterocycles. The topological polar surface area (TPSA) is 112 Å². The summed E-state index contributed by atoms with van der Waals surface area (Å²) in [7, 11) is 0. The van der Waals surface area contributed by atoms with Gasteiger partial charge in [-0.05, 0) is 62.3 Å². The Labute approximate surface area is 152 Å². The Balaban J connectivity index is -0.000000108. The summed E-state index contributed by atoms with van der Waals surface area (Å²) >= 11 is 0. The van der Waals surface area contributed by atoms with Crippen LogP contribution in [-0.2, 0) is 14.4 Å². The number of hydrogen-bond acceptors (Lipinski definition) is 3. The zero-order valence-electron chi connectivity index (χ0n) is 15.0. The van der Waals surface area contributed by atoms with Crippen LogP contribution in [0.5, 0.6) is 0 Å². The van der Waals surface area contributed by atoms with E-state index >= 15 is 0 Å². The zero-order valence-corrected chi connectivity index (χ0v) is 18.5. The smallest absolute Gasteiger partial charge is 0.308 e. The van der Waals surface area contributed by atoms with Gasteiger partial charge in [-0.15, -0.1) is 0 Å². The van der Waals surface area contributed by atoms with Crippen molar-refractivity contribution < 1.29 is 29.7 Å². The molecule has 0 rings (SSSR count). The maximum atomic E-state index is 10.0. The molecule has 3 N–H and O–H groups in total. The number of carbonyl (C=O) groups is 3. The second-order valence-corrected chi connectivity index (χ2v) is 7.67. The van der Waals surface area contributed by atoms with Gasteiger partial charge in [0.15, 0.2) is 0 Å². The van der Waals surface area contributed by atoms with Gasteiger partial charge in [-0.2, -0.15) is 0 Å². The van der Waals surface area contributed by atoms with Gasteiger partial charge < -0.3 is 15.3 Å². The molecule has 0 aliphatic carbocycles. The molecule has 0 heterocycles. The van der Waals surface area contributed by atoms with Gasteiger partial charge in [0.25, 0.3) is 0 Å². The summed E-state index contributed by atoms with van der Waals surface area (Å²) in [5.41, 5.74) is -1.75. The van der Waals surface area contributed by atoms with E-state index in [0.717, 1.165) is 0 Å². The van der Waals surface area contributed by atoms with Gasteiger partial charge in [-0.3, -0.25) is 14.4 Å². The van der Waals surface area contributed by atoms with E-state index in [2.05, 4.69) is 0 Å². The van der Waals surface area contributed by atoms with Crippen molar-refractivity contribution in [2.45, 2.75) is 62.3 Å². The fourth-order valence-corrected chi connectivity index (χ4v) is 0. The fourth-order valence-electron chi connectivity index (χ4n) is 0. The van der Waals surface area contributed by atoms with Crippen LogP contribution in [0.1, 0.15) is 62.3 Å². The van der Waals surface area contributed by atoms with Gasteiger partial charge >= 0.3 is 17.9 Å². The monoisotopic (exact) mass is 515 g/mol. The summed E-state index contributed by atoms with van der Waals surface area (Å²) in [6.07, 6.45) is 0. The summed E-state index contributed by atoms with van der Waals surface area (Å²) < 4.78 is 0. The summed E-state index contributed by atoms with van der Waals surface area (Å²) in [6.45, 7) is 15.0. The molecule has 0 bridgehead atoms. The van der Waals surface area contributed by atoms with Crippen LogP contribution in [0.2, 0.25) is 0 Å². The van der Waals surface area contributed by atoms with Crippen molar-refractivity contribution in [2.24, 2.45) is 16.2 Å². The van der Waals surface area contributed by atoms with Crippen LogP contribution in [0.4, 0.5) is 0 Å². The summed E-state index contributed by atoms with van der Waals surface area (Å²) in [5, 5.41) is 24.8. The van der Waals surface area contributed by atoms with E-state index in [-0.39, 0.29) is 26.2 Å². The third-order valence-electron chi connectivity index (χ3n) is 1.92.